The van der Waals surface area contributed by atoms with Crippen LogP contribution in [0, 0.1) is 0 Å². The summed E-state index contributed by atoms with van der Waals surface area (Å²) in [6, 6.07) is 38.4. The Morgan fingerprint density at radius 2 is 0.559 bits per heavy atom. The maximum absolute atomic E-state index is 12.5. The van der Waals surface area contributed by atoms with E-state index < -0.39 is 47.7 Å². The average Bonchev–Trinajstić information content (AvgIpc) is 3.81. The van der Waals surface area contributed by atoms with Gasteiger partial charge in [0.05, 0.1) is 11.8 Å². The van der Waals surface area contributed by atoms with E-state index in [1.165, 1.54) is 24.3 Å². The number of ether oxygens (including phenoxy) is 2. The van der Waals surface area contributed by atoms with Gasteiger partial charge >= 0.3 is 0 Å². The van der Waals surface area contributed by atoms with E-state index in [2.05, 4.69) is 0 Å². The van der Waals surface area contributed by atoms with E-state index in [0.717, 1.165) is 0 Å². The molecule has 0 amide bonds. The van der Waals surface area contributed by atoms with Gasteiger partial charge in [-0.25, -0.2) is 0 Å². The SMILES string of the molecule is Oc1ccc([C@H]2c3c(O)cc(O)cc3[C@H]3c4c(cc(O)cc4[C@@H]2[C@H]2c4cc(O)cc5c4[C@H](c4cc(O)cc(O)c4[C@@H]2c2ccc(O)cc2)[C@@H](c2ccc(O)cc2)O5)O[C@@H]3c2ccc(O)cc2)cc1. The van der Waals surface area contributed by atoms with Crippen molar-refractivity contribution in [2.45, 2.75) is 47.7 Å². The predicted octanol–water partition coefficient (Wildman–Crippen LogP) is 10.4. The molecule has 0 spiro atoms. The first kappa shape index (κ1) is 40.8. The molecule has 12 rings (SSSR count). The van der Waals surface area contributed by atoms with Crippen LogP contribution in [-0.2, 0) is 0 Å². The van der Waals surface area contributed by atoms with Crippen LogP contribution in [0.5, 0.6) is 69.0 Å². The van der Waals surface area contributed by atoms with Crippen LogP contribution in [0.4, 0.5) is 0 Å². The molecule has 68 heavy (non-hydrogen) atoms. The highest BCUT2D eigenvalue weighted by atomic mass is 16.5. The molecular formula is C56H42O12. The molecule has 0 fully saturated rings. The number of benzene rings is 8. The van der Waals surface area contributed by atoms with Gasteiger partial charge in [-0.15, -0.1) is 0 Å². The third kappa shape index (κ3) is 6.20. The van der Waals surface area contributed by atoms with Crippen LogP contribution in [-0.4, -0.2) is 51.1 Å². The van der Waals surface area contributed by atoms with Crippen molar-refractivity contribution in [1.29, 1.82) is 0 Å². The van der Waals surface area contributed by atoms with Crippen molar-refractivity contribution in [2.24, 2.45) is 0 Å². The second-order valence-electron chi connectivity index (χ2n) is 18.2. The molecule has 338 valence electrons. The number of phenols is 10. The third-order valence-electron chi connectivity index (χ3n) is 14.5. The van der Waals surface area contributed by atoms with Crippen molar-refractivity contribution >= 4 is 0 Å². The lowest BCUT2D eigenvalue weighted by molar-refractivity contribution is 0.221. The lowest BCUT2D eigenvalue weighted by Gasteiger charge is -2.40. The molecule has 12 heteroatoms. The molecule has 8 aromatic carbocycles. The zero-order chi connectivity index (χ0) is 46.9. The summed E-state index contributed by atoms with van der Waals surface area (Å²) >= 11 is 0. The normalized spacial score (nSPS) is 22.6. The largest absolute Gasteiger partial charge is 0.508 e. The molecule has 8 atom stereocenters. The second kappa shape index (κ2) is 14.9. The topological polar surface area (TPSA) is 221 Å². The monoisotopic (exact) mass is 906 g/mol. The average molecular weight is 907 g/mol. The molecule has 0 bridgehead atoms. The summed E-state index contributed by atoms with van der Waals surface area (Å²) in [6.07, 6.45) is -1.62. The highest BCUT2D eigenvalue weighted by Gasteiger charge is 2.55. The van der Waals surface area contributed by atoms with Gasteiger partial charge in [0.2, 0.25) is 0 Å². The van der Waals surface area contributed by atoms with E-state index in [0.29, 0.717) is 78.3 Å². The lowest BCUT2D eigenvalue weighted by Crippen LogP contribution is -2.26. The van der Waals surface area contributed by atoms with Gasteiger partial charge in [-0.2, -0.15) is 0 Å². The van der Waals surface area contributed by atoms with Crippen molar-refractivity contribution in [2.75, 3.05) is 0 Å². The molecule has 0 radical (unpaired) electrons. The van der Waals surface area contributed by atoms with Gasteiger partial charge in [-0.3, -0.25) is 0 Å². The molecule has 2 aliphatic carbocycles. The Morgan fingerprint density at radius 1 is 0.265 bits per heavy atom. The molecule has 8 aromatic rings. The van der Waals surface area contributed by atoms with Gasteiger partial charge in [0.25, 0.3) is 0 Å². The summed E-state index contributed by atoms with van der Waals surface area (Å²) in [7, 11) is 0. The summed E-state index contributed by atoms with van der Waals surface area (Å²) in [5.74, 6) is -5.69. The molecule has 12 nitrogen and oxygen atoms in total. The second-order valence-corrected chi connectivity index (χ2v) is 18.2. The fourth-order valence-electron chi connectivity index (χ4n) is 12.0. The number of fused-ring (bicyclic) bond motifs is 4. The van der Waals surface area contributed by atoms with Crippen molar-refractivity contribution in [1.82, 2.24) is 0 Å². The van der Waals surface area contributed by atoms with Gasteiger partial charge < -0.3 is 60.5 Å². The fraction of sp³-hybridized carbons (Fsp3) is 0.143. The molecule has 2 aliphatic heterocycles. The standard InChI is InChI=1S/C56H42O12/c57-29-9-1-25(2-10-29)45-47-37(17-33(61)21-41(47)65)53-49-39(19-35(63)23-43(49)67-55(53)27-5-13-31(59)14-6-27)51(45)52-40-20-36(64)24-44-50(40)54(56(68-44)28-7-15-32(60)16-8-28)38-18-34(62)22-42(66)48(38)46(52)26-3-11-30(58)12-4-26/h1-24,45-46,51-66H/t45-,46-,51-,52-,53-,54-,55+,56+/m0/s1. The van der Waals surface area contributed by atoms with Crippen LogP contribution in [0.1, 0.15) is 114 Å². The van der Waals surface area contributed by atoms with Gasteiger partial charge in [0.15, 0.2) is 0 Å². The highest BCUT2D eigenvalue weighted by molar-refractivity contribution is 5.71. The minimum Gasteiger partial charge on any atom is -0.508 e. The quantitative estimate of drug-likeness (QED) is 0.0780. The Bertz CT molecular complexity index is 3110. The molecule has 0 unspecified atom stereocenters. The Hall–Kier alpha value is -8.64. The summed E-state index contributed by atoms with van der Waals surface area (Å²) in [6.45, 7) is 0. The Morgan fingerprint density at radius 3 is 0.897 bits per heavy atom. The zero-order valence-corrected chi connectivity index (χ0v) is 35.8. The zero-order valence-electron chi connectivity index (χ0n) is 35.8. The molecule has 2 heterocycles. The van der Waals surface area contributed by atoms with Crippen LogP contribution in [0.2, 0.25) is 0 Å². The minimum atomic E-state index is -0.918. The highest BCUT2D eigenvalue weighted by Crippen LogP contribution is 2.69. The van der Waals surface area contributed by atoms with Crippen molar-refractivity contribution in [3.05, 3.63) is 212 Å². The maximum atomic E-state index is 12.5. The van der Waals surface area contributed by atoms with Crippen molar-refractivity contribution < 1.29 is 60.5 Å². The lowest BCUT2D eigenvalue weighted by atomic mass is 9.62. The summed E-state index contributed by atoms with van der Waals surface area (Å²) < 4.78 is 13.7. The van der Waals surface area contributed by atoms with Gasteiger partial charge in [0.1, 0.15) is 81.2 Å². The van der Waals surface area contributed by atoms with Crippen LogP contribution in [0.3, 0.4) is 0 Å². The number of hydrogen-bond donors (Lipinski definition) is 10. The number of aromatic hydroxyl groups is 10. The van der Waals surface area contributed by atoms with Crippen molar-refractivity contribution in [3.8, 4) is 69.0 Å². The molecule has 0 saturated carbocycles. The van der Waals surface area contributed by atoms with E-state index in [9.17, 15) is 51.1 Å². The van der Waals surface area contributed by atoms with E-state index in [1.54, 1.807) is 121 Å². The van der Waals surface area contributed by atoms with E-state index in [1.807, 2.05) is 0 Å². The molecule has 10 N–H and O–H groups in total. The molecular weight excluding hydrogens is 865 g/mol. The Labute approximate surface area is 388 Å². The van der Waals surface area contributed by atoms with Crippen LogP contribution >= 0.6 is 0 Å². The molecule has 0 aromatic heterocycles. The third-order valence-corrected chi connectivity index (χ3v) is 14.5. The van der Waals surface area contributed by atoms with E-state index in [4.69, 9.17) is 9.47 Å². The first-order valence-corrected chi connectivity index (χ1v) is 22.2. The minimum absolute atomic E-state index is 0.0182. The summed E-state index contributed by atoms with van der Waals surface area (Å²) in [5.41, 5.74) is 6.75. The summed E-state index contributed by atoms with van der Waals surface area (Å²) in [5, 5.41) is 114. The van der Waals surface area contributed by atoms with E-state index in [-0.39, 0.29) is 57.5 Å². The van der Waals surface area contributed by atoms with Crippen molar-refractivity contribution in [3.63, 3.8) is 0 Å². The van der Waals surface area contributed by atoms with Gasteiger partial charge in [-0.05, 0) is 117 Å². The van der Waals surface area contributed by atoms with Gasteiger partial charge in [0, 0.05) is 70.2 Å². The van der Waals surface area contributed by atoms with Crippen LogP contribution in [0.15, 0.2) is 146 Å². The molecule has 0 saturated heterocycles. The van der Waals surface area contributed by atoms with Crippen LogP contribution < -0.4 is 9.47 Å². The van der Waals surface area contributed by atoms with E-state index >= 15 is 0 Å². The van der Waals surface area contributed by atoms with Gasteiger partial charge in [-0.1, -0.05) is 48.5 Å². The molecule has 4 aliphatic rings. The number of phenolic OH excluding ortho intramolecular Hbond substituents is 10. The Balaban J connectivity index is 1.25. The smallest absolute Gasteiger partial charge is 0.135 e. The summed E-state index contributed by atoms with van der Waals surface area (Å²) in [4.78, 5) is 0. The first-order valence-electron chi connectivity index (χ1n) is 22.2. The maximum Gasteiger partial charge on any atom is 0.135 e. The Kier molecular flexibility index (Phi) is 8.97. The fourth-order valence-corrected chi connectivity index (χ4v) is 12.0. The number of rotatable bonds is 5. The predicted molar refractivity (Wildman–Crippen MR) is 248 cm³/mol. The number of hydrogen-bond acceptors (Lipinski definition) is 12. The first-order chi connectivity index (χ1) is 32.8. The van der Waals surface area contributed by atoms with Crippen LogP contribution in [0.25, 0.3) is 0 Å².